The van der Waals surface area contributed by atoms with E-state index >= 15 is 0 Å². The van der Waals surface area contributed by atoms with Gasteiger partial charge in [0.05, 0.1) is 12.7 Å². The Balaban J connectivity index is 1.70. The van der Waals surface area contributed by atoms with Gasteiger partial charge in [0.25, 0.3) is 5.91 Å². The maximum atomic E-state index is 12.7. The summed E-state index contributed by atoms with van der Waals surface area (Å²) in [7, 11) is 1.66. The number of anilines is 1. The summed E-state index contributed by atoms with van der Waals surface area (Å²) in [6.07, 6.45) is 3.57. The van der Waals surface area contributed by atoms with Crippen molar-refractivity contribution in [1.29, 1.82) is 0 Å². The minimum Gasteiger partial charge on any atom is -0.497 e. The van der Waals surface area contributed by atoms with Crippen LogP contribution in [0.2, 0.25) is 0 Å². The van der Waals surface area contributed by atoms with Gasteiger partial charge in [-0.15, -0.1) is 11.3 Å². The number of ether oxygens (including phenoxy) is 1. The molecule has 4 aromatic rings. The van der Waals surface area contributed by atoms with E-state index in [1.807, 2.05) is 60.1 Å². The summed E-state index contributed by atoms with van der Waals surface area (Å²) in [6.45, 7) is 0.655. The molecule has 2 aromatic carbocycles. The molecule has 0 bridgehead atoms. The third kappa shape index (κ3) is 3.19. The zero-order chi connectivity index (χ0) is 17.9. The number of hydrogen-bond donors (Lipinski definition) is 1. The van der Waals surface area contributed by atoms with Crippen LogP contribution in [0.3, 0.4) is 0 Å². The van der Waals surface area contributed by atoms with Gasteiger partial charge in [-0.25, -0.2) is 4.98 Å². The van der Waals surface area contributed by atoms with Gasteiger partial charge in [-0.05, 0) is 23.8 Å². The summed E-state index contributed by atoms with van der Waals surface area (Å²) in [4.78, 5) is 16.8. The quantitative estimate of drug-likeness (QED) is 0.571. The van der Waals surface area contributed by atoms with E-state index in [0.717, 1.165) is 22.2 Å². The van der Waals surface area contributed by atoms with Gasteiger partial charge in [0.2, 0.25) is 0 Å². The van der Waals surface area contributed by atoms with Crippen molar-refractivity contribution < 1.29 is 9.53 Å². The molecule has 0 spiro atoms. The van der Waals surface area contributed by atoms with Crippen LogP contribution in [0.15, 0.2) is 66.3 Å². The highest BCUT2D eigenvalue weighted by atomic mass is 32.1. The molecule has 0 aliphatic heterocycles. The molecule has 0 saturated carbocycles. The number of carbonyl (C=O) groups excluding carboxylic acids is 1. The number of para-hydroxylation sites is 1. The first-order valence-corrected chi connectivity index (χ1v) is 9.04. The number of thiazole rings is 1. The van der Waals surface area contributed by atoms with Gasteiger partial charge >= 0.3 is 0 Å². The Kier molecular flexibility index (Phi) is 4.41. The van der Waals surface area contributed by atoms with Crippen molar-refractivity contribution in [3.05, 3.63) is 77.4 Å². The monoisotopic (exact) mass is 363 g/mol. The number of hydrogen-bond acceptors (Lipinski definition) is 4. The lowest BCUT2D eigenvalue weighted by atomic mass is 10.1. The number of fused-ring (bicyclic) bond motifs is 1. The van der Waals surface area contributed by atoms with Gasteiger partial charge in [0.15, 0.2) is 5.13 Å². The van der Waals surface area contributed by atoms with Crippen LogP contribution >= 0.6 is 11.3 Å². The van der Waals surface area contributed by atoms with Crippen LogP contribution in [0.5, 0.6) is 5.75 Å². The normalized spacial score (nSPS) is 10.8. The number of nitrogens with one attached hydrogen (secondary N) is 1. The lowest BCUT2D eigenvalue weighted by Crippen LogP contribution is -2.11. The van der Waals surface area contributed by atoms with Gasteiger partial charge in [0.1, 0.15) is 5.75 Å². The molecule has 26 heavy (non-hydrogen) atoms. The lowest BCUT2D eigenvalue weighted by Gasteiger charge is -2.07. The van der Waals surface area contributed by atoms with E-state index in [1.165, 1.54) is 11.3 Å². The predicted molar refractivity (Wildman–Crippen MR) is 104 cm³/mol. The highest BCUT2D eigenvalue weighted by Gasteiger charge is 2.16. The first-order valence-electron chi connectivity index (χ1n) is 8.16. The second kappa shape index (κ2) is 7.01. The first-order chi connectivity index (χ1) is 12.7. The maximum absolute atomic E-state index is 12.7. The van der Waals surface area contributed by atoms with Crippen LogP contribution in [-0.2, 0) is 6.54 Å². The number of methoxy groups -OCH3 is 1. The third-order valence-electron chi connectivity index (χ3n) is 4.17. The zero-order valence-corrected chi connectivity index (χ0v) is 15.0. The van der Waals surface area contributed by atoms with E-state index in [4.69, 9.17) is 4.74 Å². The Morgan fingerprint density at radius 3 is 2.92 bits per heavy atom. The second-order valence-electron chi connectivity index (χ2n) is 5.83. The predicted octanol–water partition coefficient (Wildman–Crippen LogP) is 4.41. The summed E-state index contributed by atoms with van der Waals surface area (Å²) in [5.74, 6) is 0.668. The fraction of sp³-hybridized carbons (Fsp3) is 0.100. The third-order valence-corrected chi connectivity index (χ3v) is 4.86. The summed E-state index contributed by atoms with van der Waals surface area (Å²) in [5, 5.41) is 6.21. The molecule has 4 rings (SSSR count). The summed E-state index contributed by atoms with van der Waals surface area (Å²) < 4.78 is 7.39. The number of carbonyl (C=O) groups is 1. The molecule has 1 amide bonds. The molecule has 2 heterocycles. The molecule has 2 aromatic heterocycles. The highest BCUT2D eigenvalue weighted by Crippen LogP contribution is 2.24. The Labute approximate surface area is 154 Å². The van der Waals surface area contributed by atoms with Gasteiger partial charge in [-0.3, -0.25) is 10.1 Å². The SMILES string of the molecule is COc1cccc(Cn2cc(C(=O)Nc3nccs3)c3ccccc32)c1. The van der Waals surface area contributed by atoms with Gasteiger partial charge in [-0.2, -0.15) is 0 Å². The maximum Gasteiger partial charge on any atom is 0.259 e. The van der Waals surface area contributed by atoms with Crippen LogP contribution in [0.1, 0.15) is 15.9 Å². The van der Waals surface area contributed by atoms with E-state index in [9.17, 15) is 4.79 Å². The largest absolute Gasteiger partial charge is 0.497 e. The Hall–Kier alpha value is -3.12. The standard InChI is InChI=1S/C20H17N3O2S/c1-25-15-6-4-5-14(11-15)12-23-13-17(16-7-2-3-8-18(16)23)19(24)22-20-21-9-10-26-20/h2-11,13H,12H2,1H3,(H,21,22,24). The van der Waals surface area contributed by atoms with Crippen LogP contribution in [-0.4, -0.2) is 22.6 Å². The summed E-state index contributed by atoms with van der Waals surface area (Å²) in [5.41, 5.74) is 2.76. The summed E-state index contributed by atoms with van der Waals surface area (Å²) in [6, 6.07) is 15.9. The number of rotatable bonds is 5. The Bertz CT molecular complexity index is 1050. The number of aromatic nitrogens is 2. The van der Waals surface area contributed by atoms with Crippen LogP contribution in [0, 0.1) is 0 Å². The first kappa shape index (κ1) is 16.4. The second-order valence-corrected chi connectivity index (χ2v) is 6.73. The van der Waals surface area contributed by atoms with E-state index < -0.39 is 0 Å². The molecule has 0 aliphatic rings. The van der Waals surface area contributed by atoms with Crippen molar-refractivity contribution in [3.8, 4) is 5.75 Å². The number of nitrogens with zero attached hydrogens (tertiary/aromatic N) is 2. The van der Waals surface area contributed by atoms with Crippen molar-refractivity contribution in [2.45, 2.75) is 6.54 Å². The lowest BCUT2D eigenvalue weighted by molar-refractivity contribution is 0.102. The molecule has 6 heteroatoms. The van der Waals surface area contributed by atoms with Crippen LogP contribution in [0.4, 0.5) is 5.13 Å². The van der Waals surface area contributed by atoms with Crippen molar-refractivity contribution in [2.75, 3.05) is 12.4 Å². The molecule has 0 fully saturated rings. The van der Waals surface area contributed by atoms with Crippen LogP contribution < -0.4 is 10.1 Å². The van der Waals surface area contributed by atoms with Crippen LogP contribution in [0.25, 0.3) is 10.9 Å². The topological polar surface area (TPSA) is 56.1 Å². The molecule has 0 saturated heterocycles. The molecule has 5 nitrogen and oxygen atoms in total. The molecule has 0 radical (unpaired) electrons. The molecule has 130 valence electrons. The number of benzene rings is 2. The van der Waals surface area contributed by atoms with E-state index in [1.54, 1.807) is 13.3 Å². The minimum absolute atomic E-state index is 0.152. The highest BCUT2D eigenvalue weighted by molar-refractivity contribution is 7.13. The van der Waals surface area contributed by atoms with Gasteiger partial charge in [-0.1, -0.05) is 30.3 Å². The van der Waals surface area contributed by atoms with Crippen molar-refractivity contribution in [1.82, 2.24) is 9.55 Å². The Morgan fingerprint density at radius 2 is 2.12 bits per heavy atom. The average Bonchev–Trinajstić information content (AvgIpc) is 3.30. The van der Waals surface area contributed by atoms with Gasteiger partial charge < -0.3 is 9.30 Å². The van der Waals surface area contributed by atoms with Crippen molar-refractivity contribution in [2.24, 2.45) is 0 Å². The molecule has 0 aliphatic carbocycles. The molecule has 0 atom stereocenters. The Morgan fingerprint density at radius 1 is 1.23 bits per heavy atom. The van der Waals surface area contributed by atoms with Crippen molar-refractivity contribution >= 4 is 33.3 Å². The van der Waals surface area contributed by atoms with E-state index in [2.05, 4.69) is 14.9 Å². The van der Waals surface area contributed by atoms with E-state index in [-0.39, 0.29) is 5.91 Å². The van der Waals surface area contributed by atoms with Gasteiger partial charge in [0, 0.05) is 35.2 Å². The fourth-order valence-electron chi connectivity index (χ4n) is 2.98. The van der Waals surface area contributed by atoms with Crippen molar-refractivity contribution in [3.63, 3.8) is 0 Å². The smallest absolute Gasteiger partial charge is 0.259 e. The fourth-order valence-corrected chi connectivity index (χ4v) is 3.50. The number of amides is 1. The zero-order valence-electron chi connectivity index (χ0n) is 14.2. The summed E-state index contributed by atoms with van der Waals surface area (Å²) >= 11 is 1.40. The molecular weight excluding hydrogens is 346 g/mol. The van der Waals surface area contributed by atoms with E-state index in [0.29, 0.717) is 17.2 Å². The average molecular weight is 363 g/mol. The molecule has 1 N–H and O–H groups in total. The molecule has 0 unspecified atom stereocenters. The molecular formula is C20H17N3O2S. The minimum atomic E-state index is -0.152.